The van der Waals surface area contributed by atoms with Crippen LogP contribution in [0.4, 0.5) is 0 Å². The van der Waals surface area contributed by atoms with E-state index in [1.165, 1.54) is 0 Å². The van der Waals surface area contributed by atoms with E-state index in [9.17, 15) is 0 Å². The quantitative estimate of drug-likeness (QED) is 0.500. The minimum atomic E-state index is 0.722. The van der Waals surface area contributed by atoms with Gasteiger partial charge in [0.2, 0.25) is 0 Å². The molecule has 1 aliphatic heterocycles. The van der Waals surface area contributed by atoms with Gasteiger partial charge >= 0.3 is 0 Å². The number of benzene rings is 2. The fourth-order valence-corrected chi connectivity index (χ4v) is 3.85. The summed E-state index contributed by atoms with van der Waals surface area (Å²) in [6, 6.07) is 18.1. The smallest absolute Gasteiger partial charge is 0.156 e. The zero-order valence-corrected chi connectivity index (χ0v) is 16.7. The van der Waals surface area contributed by atoms with Crippen molar-refractivity contribution in [3.05, 3.63) is 77.7 Å². The third kappa shape index (κ3) is 3.77. The van der Waals surface area contributed by atoms with E-state index >= 15 is 0 Å². The fraction of sp³-hybridized carbons (Fsp3) is 0.217. The lowest BCUT2D eigenvalue weighted by atomic mass is 10.1. The summed E-state index contributed by atoms with van der Waals surface area (Å²) in [7, 11) is 0. The lowest BCUT2D eigenvalue weighted by molar-refractivity contribution is 0.0336. The van der Waals surface area contributed by atoms with E-state index in [1.807, 2.05) is 48.7 Å². The summed E-state index contributed by atoms with van der Waals surface area (Å²) < 4.78 is 7.70. The first kappa shape index (κ1) is 18.3. The third-order valence-electron chi connectivity index (χ3n) is 5.27. The van der Waals surface area contributed by atoms with Crippen molar-refractivity contribution in [2.75, 3.05) is 26.3 Å². The van der Waals surface area contributed by atoms with Crippen molar-refractivity contribution in [3.8, 4) is 22.5 Å². The molecule has 0 radical (unpaired) electrons. The maximum absolute atomic E-state index is 6.10. The molecule has 3 heterocycles. The molecule has 6 heteroatoms. The van der Waals surface area contributed by atoms with E-state index in [-0.39, 0.29) is 0 Å². The number of nitrogens with zero attached hydrogens (tertiary/aromatic N) is 4. The molecule has 146 valence electrons. The highest BCUT2D eigenvalue weighted by atomic mass is 35.5. The summed E-state index contributed by atoms with van der Waals surface area (Å²) >= 11 is 6.10. The van der Waals surface area contributed by atoms with Gasteiger partial charge in [-0.25, -0.2) is 4.98 Å². The molecular weight excluding hydrogens is 384 g/mol. The molecular formula is C23H21ClN4O. The van der Waals surface area contributed by atoms with Crippen molar-refractivity contribution in [2.45, 2.75) is 6.54 Å². The first-order valence-corrected chi connectivity index (χ1v) is 10.1. The highest BCUT2D eigenvalue weighted by molar-refractivity contribution is 6.30. The molecule has 0 spiro atoms. The number of morpholine rings is 1. The van der Waals surface area contributed by atoms with Gasteiger partial charge in [-0.05, 0) is 12.1 Å². The minimum absolute atomic E-state index is 0.722. The van der Waals surface area contributed by atoms with Gasteiger partial charge in [0.15, 0.2) is 5.65 Å². The minimum Gasteiger partial charge on any atom is -0.379 e. The lowest BCUT2D eigenvalue weighted by Crippen LogP contribution is -2.36. The molecule has 29 heavy (non-hydrogen) atoms. The molecule has 0 bridgehead atoms. The van der Waals surface area contributed by atoms with Crippen molar-refractivity contribution in [1.82, 2.24) is 19.3 Å². The van der Waals surface area contributed by atoms with E-state index in [1.54, 1.807) is 0 Å². The van der Waals surface area contributed by atoms with Crippen molar-refractivity contribution in [1.29, 1.82) is 0 Å². The van der Waals surface area contributed by atoms with Gasteiger partial charge in [0.1, 0.15) is 0 Å². The standard InChI is InChI=1S/C23H21ClN4O/c24-19-8-6-18(7-9-19)23-21(16-27-10-12-29-13-11-27)28-15-20(25-14-22(28)26-23)17-4-2-1-3-5-17/h1-9,14-15H,10-13,16H2. The predicted molar refractivity (Wildman–Crippen MR) is 115 cm³/mol. The molecule has 1 saturated heterocycles. The molecule has 5 rings (SSSR count). The van der Waals surface area contributed by atoms with Crippen LogP contribution in [-0.2, 0) is 11.3 Å². The van der Waals surface area contributed by atoms with Crippen LogP contribution in [0.2, 0.25) is 5.02 Å². The first-order chi connectivity index (χ1) is 14.3. The molecule has 0 N–H and O–H groups in total. The van der Waals surface area contributed by atoms with Crippen molar-refractivity contribution < 1.29 is 4.74 Å². The molecule has 1 fully saturated rings. The Labute approximate surface area is 174 Å². The summed E-state index contributed by atoms with van der Waals surface area (Å²) in [5, 5.41) is 0.722. The van der Waals surface area contributed by atoms with Crippen LogP contribution in [0.25, 0.3) is 28.2 Å². The Balaban J connectivity index is 1.64. The third-order valence-corrected chi connectivity index (χ3v) is 5.52. The number of ether oxygens (including phenoxy) is 1. The number of fused-ring (bicyclic) bond motifs is 1. The Bertz CT molecular complexity index is 1120. The molecule has 0 unspecified atom stereocenters. The normalized spacial score (nSPS) is 15.1. The van der Waals surface area contributed by atoms with Crippen molar-refractivity contribution in [2.24, 2.45) is 0 Å². The number of aromatic nitrogens is 3. The number of imidazole rings is 1. The number of halogens is 1. The van der Waals surface area contributed by atoms with Gasteiger partial charge in [-0.15, -0.1) is 0 Å². The van der Waals surface area contributed by atoms with Crippen LogP contribution in [0.5, 0.6) is 0 Å². The van der Waals surface area contributed by atoms with Crippen LogP contribution in [-0.4, -0.2) is 45.6 Å². The largest absolute Gasteiger partial charge is 0.379 e. The number of rotatable bonds is 4. The number of hydrogen-bond donors (Lipinski definition) is 0. The summed E-state index contributed by atoms with van der Waals surface area (Å²) in [4.78, 5) is 12.0. The highest BCUT2D eigenvalue weighted by Gasteiger charge is 2.19. The second kappa shape index (κ2) is 7.95. The molecule has 2 aromatic carbocycles. The Hall–Kier alpha value is -2.73. The Morgan fingerprint density at radius 2 is 1.69 bits per heavy atom. The zero-order chi connectivity index (χ0) is 19.6. The summed E-state index contributed by atoms with van der Waals surface area (Å²) in [6.07, 6.45) is 3.94. The van der Waals surface area contributed by atoms with Gasteiger partial charge in [0.05, 0.1) is 36.5 Å². The van der Waals surface area contributed by atoms with Gasteiger partial charge in [-0.1, -0.05) is 54.1 Å². The van der Waals surface area contributed by atoms with Gasteiger partial charge in [-0.3, -0.25) is 14.3 Å². The second-order valence-electron chi connectivity index (χ2n) is 7.17. The topological polar surface area (TPSA) is 42.7 Å². The van der Waals surface area contributed by atoms with Crippen molar-refractivity contribution >= 4 is 17.2 Å². The molecule has 2 aromatic heterocycles. The van der Waals surface area contributed by atoms with Gasteiger partial charge < -0.3 is 4.74 Å². The Morgan fingerprint density at radius 1 is 0.931 bits per heavy atom. The van der Waals surface area contributed by atoms with Gasteiger partial charge in [0, 0.05) is 42.0 Å². The van der Waals surface area contributed by atoms with Crippen LogP contribution < -0.4 is 0 Å². The second-order valence-corrected chi connectivity index (χ2v) is 7.61. The maximum Gasteiger partial charge on any atom is 0.156 e. The molecule has 0 aliphatic carbocycles. The maximum atomic E-state index is 6.10. The van der Waals surface area contributed by atoms with E-state index in [2.05, 4.69) is 32.6 Å². The SMILES string of the molecule is Clc1ccc(-c2nc3cnc(-c4ccccc4)cn3c2CN2CCOCC2)cc1. The fourth-order valence-electron chi connectivity index (χ4n) is 3.72. The van der Waals surface area contributed by atoms with Crippen LogP contribution in [0.3, 0.4) is 0 Å². The van der Waals surface area contributed by atoms with E-state index in [0.717, 1.165) is 71.7 Å². The summed E-state index contributed by atoms with van der Waals surface area (Å²) in [5.74, 6) is 0. The van der Waals surface area contributed by atoms with Crippen LogP contribution in [0.15, 0.2) is 67.0 Å². The average Bonchev–Trinajstić information content (AvgIpc) is 3.13. The number of hydrogen-bond acceptors (Lipinski definition) is 4. The first-order valence-electron chi connectivity index (χ1n) is 9.76. The van der Waals surface area contributed by atoms with Gasteiger partial charge in [0.25, 0.3) is 0 Å². The van der Waals surface area contributed by atoms with Crippen LogP contribution in [0, 0.1) is 0 Å². The molecule has 0 saturated carbocycles. The summed E-state index contributed by atoms with van der Waals surface area (Å²) in [6.45, 7) is 4.18. The van der Waals surface area contributed by atoms with E-state index in [4.69, 9.17) is 21.3 Å². The Kier molecular flexibility index (Phi) is 5.02. The Morgan fingerprint density at radius 3 is 2.45 bits per heavy atom. The van der Waals surface area contributed by atoms with Crippen LogP contribution in [0.1, 0.15) is 5.69 Å². The van der Waals surface area contributed by atoms with E-state index in [0.29, 0.717) is 0 Å². The molecule has 4 aromatic rings. The molecule has 5 nitrogen and oxygen atoms in total. The monoisotopic (exact) mass is 404 g/mol. The van der Waals surface area contributed by atoms with Crippen LogP contribution >= 0.6 is 11.6 Å². The summed E-state index contributed by atoms with van der Waals surface area (Å²) in [5.41, 5.74) is 6.05. The molecule has 1 aliphatic rings. The lowest BCUT2D eigenvalue weighted by Gasteiger charge is -2.26. The highest BCUT2D eigenvalue weighted by Crippen LogP contribution is 2.28. The molecule has 0 atom stereocenters. The molecule has 0 amide bonds. The van der Waals surface area contributed by atoms with E-state index < -0.39 is 0 Å². The van der Waals surface area contributed by atoms with Crippen molar-refractivity contribution in [3.63, 3.8) is 0 Å². The predicted octanol–water partition coefficient (Wildman–Crippen LogP) is 4.55. The van der Waals surface area contributed by atoms with Gasteiger partial charge in [-0.2, -0.15) is 0 Å². The average molecular weight is 405 g/mol. The zero-order valence-electron chi connectivity index (χ0n) is 16.0.